The number of hydrogen-bond acceptors (Lipinski definition) is 3. The Hall–Kier alpha value is -1.03. The number of nitrogens with two attached hydrogens (primary N) is 1. The fourth-order valence-electron chi connectivity index (χ4n) is 2.00. The van der Waals surface area contributed by atoms with Crippen LogP contribution >= 0.6 is 0 Å². The molecule has 0 saturated carbocycles. The number of aryl methyl sites for hydroxylation is 1. The highest BCUT2D eigenvalue weighted by Gasteiger charge is 2.24. The summed E-state index contributed by atoms with van der Waals surface area (Å²) in [7, 11) is 4.05. The zero-order chi connectivity index (χ0) is 9.42. The number of aromatic nitrogens is 2. The molecule has 1 atom stereocenters. The monoisotopic (exact) mass is 180 g/mol. The summed E-state index contributed by atoms with van der Waals surface area (Å²) in [5, 5.41) is 4.39. The van der Waals surface area contributed by atoms with Gasteiger partial charge in [-0.3, -0.25) is 4.68 Å². The first-order valence-electron chi connectivity index (χ1n) is 4.64. The van der Waals surface area contributed by atoms with E-state index in [0.29, 0.717) is 5.92 Å². The number of likely N-dealkylation sites (tertiary alicyclic amines) is 1. The molecule has 0 amide bonds. The van der Waals surface area contributed by atoms with Gasteiger partial charge in [0.15, 0.2) is 0 Å². The van der Waals surface area contributed by atoms with Gasteiger partial charge in [0.25, 0.3) is 0 Å². The standard InChI is InChI=1S/C9H16N4/c1-12-4-3-7(5-12)9-8(10)6-13(2)11-9/h6-7H,3-5,10H2,1-2H3. The molecule has 0 radical (unpaired) electrons. The van der Waals surface area contributed by atoms with Crippen LogP contribution < -0.4 is 5.73 Å². The first kappa shape index (κ1) is 8.56. The van der Waals surface area contributed by atoms with Crippen molar-refractivity contribution in [1.29, 1.82) is 0 Å². The number of nitrogens with zero attached hydrogens (tertiary/aromatic N) is 3. The maximum Gasteiger partial charge on any atom is 0.0897 e. The Morgan fingerprint density at radius 3 is 2.77 bits per heavy atom. The van der Waals surface area contributed by atoms with Crippen molar-refractivity contribution in [2.45, 2.75) is 12.3 Å². The van der Waals surface area contributed by atoms with Gasteiger partial charge in [-0.2, -0.15) is 5.10 Å². The Bertz CT molecular complexity index is 305. The minimum Gasteiger partial charge on any atom is -0.396 e. The first-order chi connectivity index (χ1) is 6.16. The second-order valence-electron chi connectivity index (χ2n) is 3.89. The number of nitrogen functional groups attached to an aromatic ring is 1. The highest BCUT2D eigenvalue weighted by atomic mass is 15.3. The smallest absolute Gasteiger partial charge is 0.0897 e. The van der Waals surface area contributed by atoms with Crippen LogP contribution in [0, 0.1) is 0 Å². The Labute approximate surface area is 78.3 Å². The van der Waals surface area contributed by atoms with Crippen molar-refractivity contribution in [3.63, 3.8) is 0 Å². The molecule has 4 heteroatoms. The summed E-state index contributed by atoms with van der Waals surface area (Å²) < 4.78 is 1.79. The van der Waals surface area contributed by atoms with E-state index in [9.17, 15) is 0 Å². The van der Waals surface area contributed by atoms with E-state index >= 15 is 0 Å². The molecule has 2 rings (SSSR count). The lowest BCUT2D eigenvalue weighted by Crippen LogP contribution is -2.14. The SMILES string of the molecule is CN1CCC(c2nn(C)cc2N)C1. The van der Waals surface area contributed by atoms with Gasteiger partial charge in [-0.25, -0.2) is 0 Å². The summed E-state index contributed by atoms with van der Waals surface area (Å²) in [6.07, 6.45) is 3.06. The fraction of sp³-hybridized carbons (Fsp3) is 0.667. The molecular formula is C9H16N4. The number of rotatable bonds is 1. The van der Waals surface area contributed by atoms with Crippen molar-refractivity contribution in [3.8, 4) is 0 Å². The molecule has 2 heterocycles. The predicted molar refractivity (Wildman–Crippen MR) is 52.5 cm³/mol. The van der Waals surface area contributed by atoms with Gasteiger partial charge in [0.05, 0.1) is 11.4 Å². The van der Waals surface area contributed by atoms with E-state index in [1.165, 1.54) is 6.42 Å². The molecule has 0 aromatic carbocycles. The summed E-state index contributed by atoms with van der Waals surface area (Å²) in [4.78, 5) is 2.32. The third kappa shape index (κ3) is 1.54. The number of likely N-dealkylation sites (N-methyl/N-ethyl adjacent to an activating group) is 1. The zero-order valence-corrected chi connectivity index (χ0v) is 8.20. The van der Waals surface area contributed by atoms with Crippen LogP contribution in [0.2, 0.25) is 0 Å². The largest absolute Gasteiger partial charge is 0.396 e. The lowest BCUT2D eigenvalue weighted by atomic mass is 10.0. The van der Waals surface area contributed by atoms with E-state index < -0.39 is 0 Å². The van der Waals surface area contributed by atoms with Crippen molar-refractivity contribution in [1.82, 2.24) is 14.7 Å². The third-order valence-electron chi connectivity index (χ3n) is 2.67. The van der Waals surface area contributed by atoms with Crippen LogP contribution in [0.15, 0.2) is 6.20 Å². The predicted octanol–water partition coefficient (Wildman–Crippen LogP) is 0.421. The van der Waals surface area contributed by atoms with Crippen LogP contribution in [0.4, 0.5) is 5.69 Å². The van der Waals surface area contributed by atoms with Crippen LogP contribution in [0.1, 0.15) is 18.0 Å². The van der Waals surface area contributed by atoms with Crippen molar-refractivity contribution in [3.05, 3.63) is 11.9 Å². The molecule has 0 aliphatic carbocycles. The van der Waals surface area contributed by atoms with E-state index in [0.717, 1.165) is 24.5 Å². The Kier molecular flexibility index (Phi) is 2.00. The lowest BCUT2D eigenvalue weighted by Gasteiger charge is -2.07. The second-order valence-corrected chi connectivity index (χ2v) is 3.89. The van der Waals surface area contributed by atoms with Gasteiger partial charge in [-0.05, 0) is 20.0 Å². The number of hydrogen-bond donors (Lipinski definition) is 1. The summed E-state index contributed by atoms with van der Waals surface area (Å²) in [6.45, 7) is 2.24. The average molecular weight is 180 g/mol. The molecule has 1 aromatic heterocycles. The second kappa shape index (κ2) is 3.03. The molecule has 13 heavy (non-hydrogen) atoms. The summed E-state index contributed by atoms with van der Waals surface area (Å²) in [5.74, 6) is 0.534. The lowest BCUT2D eigenvalue weighted by molar-refractivity contribution is 0.410. The Morgan fingerprint density at radius 2 is 2.31 bits per heavy atom. The molecule has 1 aliphatic heterocycles. The molecule has 1 fully saturated rings. The molecule has 1 unspecified atom stereocenters. The highest BCUT2D eigenvalue weighted by molar-refractivity contribution is 5.43. The summed E-state index contributed by atoms with van der Waals surface area (Å²) >= 11 is 0. The zero-order valence-electron chi connectivity index (χ0n) is 8.20. The van der Waals surface area contributed by atoms with Crippen LogP contribution in [0.3, 0.4) is 0 Å². The van der Waals surface area contributed by atoms with Crippen molar-refractivity contribution < 1.29 is 0 Å². The Balaban J connectivity index is 2.20. The molecule has 1 aliphatic rings. The topological polar surface area (TPSA) is 47.1 Å². The molecule has 2 N–H and O–H groups in total. The molecular weight excluding hydrogens is 164 g/mol. The van der Waals surface area contributed by atoms with E-state index in [1.807, 2.05) is 13.2 Å². The van der Waals surface area contributed by atoms with Gasteiger partial charge in [0.1, 0.15) is 0 Å². The van der Waals surface area contributed by atoms with Gasteiger partial charge in [-0.15, -0.1) is 0 Å². The first-order valence-corrected chi connectivity index (χ1v) is 4.64. The van der Waals surface area contributed by atoms with Crippen molar-refractivity contribution >= 4 is 5.69 Å². The Morgan fingerprint density at radius 1 is 1.54 bits per heavy atom. The summed E-state index contributed by atoms with van der Waals surface area (Å²) in [6, 6.07) is 0. The van der Waals surface area contributed by atoms with Gasteiger partial charge < -0.3 is 10.6 Å². The van der Waals surface area contributed by atoms with E-state index in [4.69, 9.17) is 5.73 Å². The molecule has 0 spiro atoms. The number of anilines is 1. The maximum atomic E-state index is 5.86. The van der Waals surface area contributed by atoms with E-state index in [2.05, 4.69) is 17.0 Å². The van der Waals surface area contributed by atoms with Crippen molar-refractivity contribution in [2.75, 3.05) is 25.9 Å². The van der Waals surface area contributed by atoms with Crippen LogP contribution in [0.25, 0.3) is 0 Å². The third-order valence-corrected chi connectivity index (χ3v) is 2.67. The quantitative estimate of drug-likeness (QED) is 0.681. The molecule has 0 bridgehead atoms. The van der Waals surface area contributed by atoms with E-state index in [1.54, 1.807) is 4.68 Å². The molecule has 4 nitrogen and oxygen atoms in total. The fourth-order valence-corrected chi connectivity index (χ4v) is 2.00. The highest BCUT2D eigenvalue weighted by Crippen LogP contribution is 2.28. The minimum atomic E-state index is 0.534. The maximum absolute atomic E-state index is 5.86. The summed E-state index contributed by atoms with van der Waals surface area (Å²) in [5.41, 5.74) is 7.78. The average Bonchev–Trinajstić information content (AvgIpc) is 2.58. The van der Waals surface area contributed by atoms with Crippen molar-refractivity contribution in [2.24, 2.45) is 7.05 Å². The van der Waals surface area contributed by atoms with E-state index in [-0.39, 0.29) is 0 Å². The van der Waals surface area contributed by atoms with Crippen LogP contribution in [-0.4, -0.2) is 34.8 Å². The van der Waals surface area contributed by atoms with Gasteiger partial charge in [-0.1, -0.05) is 0 Å². The normalized spacial score (nSPS) is 24.0. The van der Waals surface area contributed by atoms with Gasteiger partial charge in [0.2, 0.25) is 0 Å². The molecule has 1 aromatic rings. The minimum absolute atomic E-state index is 0.534. The molecule has 72 valence electrons. The van der Waals surface area contributed by atoms with Crippen LogP contribution in [0.5, 0.6) is 0 Å². The van der Waals surface area contributed by atoms with Crippen LogP contribution in [-0.2, 0) is 7.05 Å². The van der Waals surface area contributed by atoms with Gasteiger partial charge >= 0.3 is 0 Å². The molecule has 1 saturated heterocycles. The van der Waals surface area contributed by atoms with Gasteiger partial charge in [0, 0.05) is 25.7 Å².